The predicted molar refractivity (Wildman–Crippen MR) is 62.7 cm³/mol. The molecule has 90 valence electrons. The topological polar surface area (TPSA) is 29.3 Å². The molecule has 0 saturated carbocycles. The van der Waals surface area contributed by atoms with Crippen LogP contribution >= 0.6 is 0 Å². The van der Waals surface area contributed by atoms with Gasteiger partial charge in [0.25, 0.3) is 0 Å². The lowest BCUT2D eigenvalue weighted by molar-refractivity contribution is 0.507. The van der Waals surface area contributed by atoms with Crippen molar-refractivity contribution < 1.29 is 8.78 Å². The Hall–Kier alpha value is -1.16. The molecule has 0 fully saturated rings. The highest BCUT2D eigenvalue weighted by atomic mass is 19.2. The quantitative estimate of drug-likeness (QED) is 0.784. The summed E-state index contributed by atoms with van der Waals surface area (Å²) >= 11 is 0. The van der Waals surface area contributed by atoms with Crippen LogP contribution in [0, 0.1) is 11.6 Å². The second-order valence-corrected chi connectivity index (χ2v) is 4.05. The van der Waals surface area contributed by atoms with Gasteiger partial charge in [0.2, 0.25) is 0 Å². The molecule has 0 atom stereocenters. The first-order chi connectivity index (χ1) is 7.56. The van der Waals surface area contributed by atoms with Crippen LogP contribution in [-0.2, 0) is 6.42 Å². The van der Waals surface area contributed by atoms with Gasteiger partial charge in [-0.05, 0) is 43.5 Å². The second-order valence-electron chi connectivity index (χ2n) is 4.05. The van der Waals surface area contributed by atoms with E-state index in [9.17, 15) is 8.78 Å². The lowest BCUT2D eigenvalue weighted by Gasteiger charge is -2.15. The van der Waals surface area contributed by atoms with Crippen LogP contribution < -0.4 is 10.6 Å². The summed E-state index contributed by atoms with van der Waals surface area (Å²) in [6.45, 7) is 0.629. The highest BCUT2D eigenvalue weighted by molar-refractivity contribution is 5.49. The number of nitrogens with zero attached hydrogens (tertiary/aromatic N) is 1. The lowest BCUT2D eigenvalue weighted by atomic mass is 10.1. The zero-order valence-corrected chi connectivity index (χ0v) is 9.76. The first-order valence-electron chi connectivity index (χ1n) is 5.41. The highest BCUT2D eigenvalue weighted by Gasteiger charge is 2.11. The van der Waals surface area contributed by atoms with E-state index in [0.717, 1.165) is 24.8 Å². The number of nitrogens with two attached hydrogens (primary N) is 1. The van der Waals surface area contributed by atoms with E-state index in [0.29, 0.717) is 12.2 Å². The van der Waals surface area contributed by atoms with E-state index in [2.05, 4.69) is 0 Å². The number of aryl methyl sites for hydroxylation is 1. The minimum absolute atomic E-state index is 0.294. The SMILES string of the molecule is CN(C)c1cc(CCCCN)cc(F)c1F. The summed E-state index contributed by atoms with van der Waals surface area (Å²) < 4.78 is 26.7. The van der Waals surface area contributed by atoms with Crippen molar-refractivity contribution in [1.82, 2.24) is 0 Å². The van der Waals surface area contributed by atoms with Crippen LogP contribution in [0.5, 0.6) is 0 Å². The van der Waals surface area contributed by atoms with Gasteiger partial charge in [-0.3, -0.25) is 0 Å². The van der Waals surface area contributed by atoms with Gasteiger partial charge in [-0.25, -0.2) is 8.78 Å². The van der Waals surface area contributed by atoms with E-state index in [1.807, 2.05) is 0 Å². The standard InChI is InChI=1S/C12H18F2N2/c1-16(2)11-8-9(5-3-4-6-15)7-10(13)12(11)14/h7-8H,3-6,15H2,1-2H3. The highest BCUT2D eigenvalue weighted by Crippen LogP contribution is 2.23. The van der Waals surface area contributed by atoms with Crippen molar-refractivity contribution in [2.75, 3.05) is 25.5 Å². The minimum Gasteiger partial charge on any atom is -0.375 e. The molecule has 0 saturated heterocycles. The van der Waals surface area contributed by atoms with Gasteiger partial charge < -0.3 is 10.6 Å². The maximum atomic E-state index is 13.4. The fourth-order valence-corrected chi connectivity index (χ4v) is 1.57. The molecule has 0 heterocycles. The Morgan fingerprint density at radius 1 is 1.19 bits per heavy atom. The predicted octanol–water partition coefficient (Wildman–Crippen LogP) is 2.31. The maximum Gasteiger partial charge on any atom is 0.182 e. The van der Waals surface area contributed by atoms with Gasteiger partial charge in [0.05, 0.1) is 5.69 Å². The third-order valence-corrected chi connectivity index (χ3v) is 2.47. The number of rotatable bonds is 5. The number of unbranched alkanes of at least 4 members (excludes halogenated alkanes) is 1. The molecule has 0 aromatic heterocycles. The smallest absolute Gasteiger partial charge is 0.182 e. The van der Waals surface area contributed by atoms with Gasteiger partial charge in [-0.2, -0.15) is 0 Å². The molecule has 0 spiro atoms. The van der Waals surface area contributed by atoms with Gasteiger partial charge in [-0.15, -0.1) is 0 Å². The average Bonchev–Trinajstić information content (AvgIpc) is 2.23. The van der Waals surface area contributed by atoms with Crippen molar-refractivity contribution >= 4 is 5.69 Å². The Balaban J connectivity index is 2.86. The van der Waals surface area contributed by atoms with E-state index in [1.54, 1.807) is 25.1 Å². The van der Waals surface area contributed by atoms with Crippen LogP contribution in [0.3, 0.4) is 0 Å². The molecule has 0 amide bonds. The number of benzene rings is 1. The number of hydrogen-bond donors (Lipinski definition) is 1. The Morgan fingerprint density at radius 3 is 2.44 bits per heavy atom. The molecule has 1 aromatic carbocycles. The fraction of sp³-hybridized carbons (Fsp3) is 0.500. The summed E-state index contributed by atoms with van der Waals surface area (Å²) in [5.41, 5.74) is 6.49. The van der Waals surface area contributed by atoms with Crippen molar-refractivity contribution in [2.24, 2.45) is 5.73 Å². The normalized spacial score (nSPS) is 10.6. The van der Waals surface area contributed by atoms with Crippen molar-refractivity contribution in [1.29, 1.82) is 0 Å². The van der Waals surface area contributed by atoms with E-state index in [1.165, 1.54) is 6.07 Å². The summed E-state index contributed by atoms with van der Waals surface area (Å²) in [6, 6.07) is 2.95. The van der Waals surface area contributed by atoms with Gasteiger partial charge in [-0.1, -0.05) is 0 Å². The molecule has 0 aliphatic heterocycles. The van der Waals surface area contributed by atoms with Gasteiger partial charge in [0, 0.05) is 14.1 Å². The van der Waals surface area contributed by atoms with E-state index in [4.69, 9.17) is 5.73 Å². The number of anilines is 1. The molecule has 0 aliphatic carbocycles. The molecular formula is C12H18F2N2. The molecule has 0 bridgehead atoms. The van der Waals surface area contributed by atoms with E-state index in [-0.39, 0.29) is 0 Å². The summed E-state index contributed by atoms with van der Waals surface area (Å²) in [5.74, 6) is -1.57. The third-order valence-electron chi connectivity index (χ3n) is 2.47. The minimum atomic E-state index is -0.785. The fourth-order valence-electron chi connectivity index (χ4n) is 1.57. The van der Waals surface area contributed by atoms with E-state index < -0.39 is 11.6 Å². The zero-order valence-electron chi connectivity index (χ0n) is 9.76. The molecule has 2 N–H and O–H groups in total. The molecule has 1 aromatic rings. The second kappa shape index (κ2) is 5.80. The lowest BCUT2D eigenvalue weighted by Crippen LogP contribution is -2.12. The van der Waals surface area contributed by atoms with Gasteiger partial charge in [0.1, 0.15) is 0 Å². The Morgan fingerprint density at radius 2 is 1.88 bits per heavy atom. The maximum absolute atomic E-state index is 13.4. The Bertz CT molecular complexity index is 351. The first kappa shape index (κ1) is 12.9. The van der Waals surface area contributed by atoms with E-state index >= 15 is 0 Å². The summed E-state index contributed by atoms with van der Waals surface area (Å²) in [4.78, 5) is 1.57. The molecule has 1 rings (SSSR count). The average molecular weight is 228 g/mol. The van der Waals surface area contributed by atoms with Crippen LogP contribution in [0.1, 0.15) is 18.4 Å². The van der Waals surface area contributed by atoms with Crippen LogP contribution in [0.25, 0.3) is 0 Å². The van der Waals surface area contributed by atoms with Crippen LogP contribution in [-0.4, -0.2) is 20.6 Å². The van der Waals surface area contributed by atoms with Crippen LogP contribution in [0.15, 0.2) is 12.1 Å². The number of halogens is 2. The summed E-state index contributed by atoms with van der Waals surface area (Å²) in [7, 11) is 3.39. The van der Waals surface area contributed by atoms with Crippen LogP contribution in [0.2, 0.25) is 0 Å². The molecular weight excluding hydrogens is 210 g/mol. The monoisotopic (exact) mass is 228 g/mol. The van der Waals surface area contributed by atoms with Crippen molar-refractivity contribution in [3.05, 3.63) is 29.3 Å². The number of hydrogen-bond acceptors (Lipinski definition) is 2. The Kier molecular flexibility index (Phi) is 4.68. The summed E-state index contributed by atoms with van der Waals surface area (Å²) in [6.07, 6.45) is 2.53. The zero-order chi connectivity index (χ0) is 12.1. The van der Waals surface area contributed by atoms with Gasteiger partial charge in [0.15, 0.2) is 11.6 Å². The molecule has 16 heavy (non-hydrogen) atoms. The first-order valence-corrected chi connectivity index (χ1v) is 5.41. The van der Waals surface area contributed by atoms with Crippen molar-refractivity contribution in [2.45, 2.75) is 19.3 Å². The van der Waals surface area contributed by atoms with Crippen molar-refractivity contribution in [3.8, 4) is 0 Å². The van der Waals surface area contributed by atoms with Crippen LogP contribution in [0.4, 0.5) is 14.5 Å². The molecule has 0 aliphatic rings. The Labute approximate surface area is 95.1 Å². The molecule has 2 nitrogen and oxygen atoms in total. The molecule has 0 radical (unpaired) electrons. The summed E-state index contributed by atoms with van der Waals surface area (Å²) in [5, 5.41) is 0. The van der Waals surface area contributed by atoms with Gasteiger partial charge >= 0.3 is 0 Å². The molecule has 0 unspecified atom stereocenters. The third kappa shape index (κ3) is 3.17. The largest absolute Gasteiger partial charge is 0.375 e. The van der Waals surface area contributed by atoms with Crippen molar-refractivity contribution in [3.63, 3.8) is 0 Å². The molecule has 4 heteroatoms.